The molecule has 0 aliphatic heterocycles. The minimum atomic E-state index is -0.0516. The third kappa shape index (κ3) is 3.99. The molecule has 1 N–H and O–H groups in total. The Kier molecular flexibility index (Phi) is 5.46. The van der Waals surface area contributed by atoms with E-state index < -0.39 is 0 Å². The van der Waals surface area contributed by atoms with Crippen molar-refractivity contribution in [3.8, 4) is 11.5 Å². The lowest BCUT2D eigenvalue weighted by Gasteiger charge is -2.08. The average molecular weight is 353 g/mol. The fourth-order valence-corrected chi connectivity index (χ4v) is 2.79. The number of hydrogen-bond donors (Lipinski definition) is 1. The standard InChI is InChI=1S/C21H23NO4/c1-14-4-9-19-16(13-26-21(19)15(14)2)12-20(23)22-10-11-25-18-7-5-17(24-3)6-8-18/h4-9,13H,10-12H2,1-3H3,(H,22,23). The molecule has 0 fully saturated rings. The van der Waals surface area contributed by atoms with Crippen LogP contribution in [0.2, 0.25) is 0 Å². The number of carbonyl (C=O) groups is 1. The lowest BCUT2D eigenvalue weighted by Crippen LogP contribution is -2.29. The third-order valence-corrected chi connectivity index (χ3v) is 4.45. The summed E-state index contributed by atoms with van der Waals surface area (Å²) in [7, 11) is 1.62. The number of furan rings is 1. The molecule has 5 heteroatoms. The van der Waals surface area contributed by atoms with Crippen molar-refractivity contribution >= 4 is 16.9 Å². The molecule has 0 saturated carbocycles. The van der Waals surface area contributed by atoms with E-state index >= 15 is 0 Å². The quantitative estimate of drug-likeness (QED) is 0.657. The zero-order chi connectivity index (χ0) is 18.5. The van der Waals surface area contributed by atoms with Gasteiger partial charge >= 0.3 is 0 Å². The number of methoxy groups -OCH3 is 1. The first-order valence-corrected chi connectivity index (χ1v) is 8.58. The van der Waals surface area contributed by atoms with Gasteiger partial charge in [-0.15, -0.1) is 0 Å². The second kappa shape index (κ2) is 7.95. The first kappa shape index (κ1) is 17.9. The van der Waals surface area contributed by atoms with E-state index in [9.17, 15) is 4.79 Å². The van der Waals surface area contributed by atoms with Gasteiger partial charge in [-0.3, -0.25) is 4.79 Å². The highest BCUT2D eigenvalue weighted by Crippen LogP contribution is 2.26. The van der Waals surface area contributed by atoms with Crippen molar-refractivity contribution in [2.24, 2.45) is 0 Å². The third-order valence-electron chi connectivity index (χ3n) is 4.45. The lowest BCUT2D eigenvalue weighted by atomic mass is 10.0. The molecule has 0 bridgehead atoms. The smallest absolute Gasteiger partial charge is 0.224 e. The minimum Gasteiger partial charge on any atom is -0.497 e. The summed E-state index contributed by atoms with van der Waals surface area (Å²) >= 11 is 0. The Labute approximate surface area is 152 Å². The summed E-state index contributed by atoms with van der Waals surface area (Å²) in [6, 6.07) is 11.4. The van der Waals surface area contributed by atoms with E-state index in [1.807, 2.05) is 44.2 Å². The molecule has 5 nitrogen and oxygen atoms in total. The van der Waals surface area contributed by atoms with E-state index in [4.69, 9.17) is 13.9 Å². The van der Waals surface area contributed by atoms with Crippen LogP contribution in [0.4, 0.5) is 0 Å². The van der Waals surface area contributed by atoms with Gasteiger partial charge in [0.15, 0.2) is 0 Å². The monoisotopic (exact) mass is 353 g/mol. The first-order chi connectivity index (χ1) is 12.6. The van der Waals surface area contributed by atoms with Gasteiger partial charge < -0.3 is 19.2 Å². The molecule has 0 spiro atoms. The number of nitrogens with one attached hydrogen (secondary N) is 1. The van der Waals surface area contributed by atoms with Crippen LogP contribution in [-0.4, -0.2) is 26.2 Å². The normalized spacial score (nSPS) is 10.7. The summed E-state index contributed by atoms with van der Waals surface area (Å²) in [6.07, 6.45) is 1.96. The van der Waals surface area contributed by atoms with Gasteiger partial charge in [-0.2, -0.15) is 0 Å². The Morgan fingerprint density at radius 1 is 1.08 bits per heavy atom. The van der Waals surface area contributed by atoms with Gasteiger partial charge in [-0.25, -0.2) is 0 Å². The zero-order valence-electron chi connectivity index (χ0n) is 15.3. The lowest BCUT2D eigenvalue weighted by molar-refractivity contribution is -0.120. The maximum Gasteiger partial charge on any atom is 0.224 e. The molecule has 0 aliphatic carbocycles. The molecule has 2 aromatic carbocycles. The van der Waals surface area contributed by atoms with Crippen molar-refractivity contribution in [2.75, 3.05) is 20.3 Å². The van der Waals surface area contributed by atoms with Gasteiger partial charge in [0, 0.05) is 10.9 Å². The largest absolute Gasteiger partial charge is 0.497 e. The molecular formula is C21H23NO4. The molecule has 3 rings (SSSR count). The van der Waals surface area contributed by atoms with Gasteiger partial charge in [-0.05, 0) is 49.2 Å². The van der Waals surface area contributed by atoms with Crippen LogP contribution in [0.25, 0.3) is 11.0 Å². The van der Waals surface area contributed by atoms with Crippen LogP contribution >= 0.6 is 0 Å². The Morgan fingerprint density at radius 2 is 1.81 bits per heavy atom. The summed E-state index contributed by atoms with van der Waals surface area (Å²) in [6.45, 7) is 4.93. The number of benzene rings is 2. The molecule has 0 unspecified atom stereocenters. The van der Waals surface area contributed by atoms with E-state index in [0.717, 1.165) is 33.6 Å². The van der Waals surface area contributed by atoms with Gasteiger partial charge in [0.25, 0.3) is 0 Å². The fourth-order valence-electron chi connectivity index (χ4n) is 2.79. The van der Waals surface area contributed by atoms with Crippen molar-refractivity contribution in [1.82, 2.24) is 5.32 Å². The van der Waals surface area contributed by atoms with Crippen LogP contribution in [-0.2, 0) is 11.2 Å². The van der Waals surface area contributed by atoms with Crippen molar-refractivity contribution in [2.45, 2.75) is 20.3 Å². The van der Waals surface area contributed by atoms with Crippen molar-refractivity contribution in [3.05, 3.63) is 59.4 Å². The number of fused-ring (bicyclic) bond motifs is 1. The van der Waals surface area contributed by atoms with Gasteiger partial charge in [0.1, 0.15) is 23.7 Å². The summed E-state index contributed by atoms with van der Waals surface area (Å²) in [4.78, 5) is 12.2. The molecule has 0 aliphatic rings. The fraction of sp³-hybridized carbons (Fsp3) is 0.286. The second-order valence-electron chi connectivity index (χ2n) is 6.20. The Hall–Kier alpha value is -2.95. The zero-order valence-corrected chi connectivity index (χ0v) is 15.3. The van der Waals surface area contributed by atoms with Gasteiger partial charge in [0.05, 0.1) is 26.3 Å². The summed E-state index contributed by atoms with van der Waals surface area (Å²) in [5, 5.41) is 3.87. The van der Waals surface area contributed by atoms with Crippen LogP contribution < -0.4 is 14.8 Å². The van der Waals surface area contributed by atoms with Crippen LogP contribution in [0.5, 0.6) is 11.5 Å². The Morgan fingerprint density at radius 3 is 2.54 bits per heavy atom. The summed E-state index contributed by atoms with van der Waals surface area (Å²) in [5.41, 5.74) is 4.05. The molecule has 1 heterocycles. The van der Waals surface area contributed by atoms with E-state index in [1.54, 1.807) is 13.4 Å². The van der Waals surface area contributed by atoms with Crippen LogP contribution in [0.1, 0.15) is 16.7 Å². The molecule has 26 heavy (non-hydrogen) atoms. The molecule has 0 radical (unpaired) electrons. The summed E-state index contributed by atoms with van der Waals surface area (Å²) in [5.74, 6) is 1.47. The number of rotatable bonds is 7. The number of aryl methyl sites for hydroxylation is 2. The molecule has 136 valence electrons. The topological polar surface area (TPSA) is 60.7 Å². The van der Waals surface area contributed by atoms with Crippen LogP contribution in [0.3, 0.4) is 0 Å². The second-order valence-corrected chi connectivity index (χ2v) is 6.20. The van der Waals surface area contributed by atoms with Crippen LogP contribution in [0.15, 0.2) is 47.1 Å². The number of ether oxygens (including phenoxy) is 2. The molecule has 0 saturated heterocycles. The van der Waals surface area contributed by atoms with E-state index in [-0.39, 0.29) is 12.3 Å². The SMILES string of the molecule is COc1ccc(OCCNC(=O)Cc2coc3c(C)c(C)ccc23)cc1. The van der Waals surface area contributed by atoms with Gasteiger partial charge in [0.2, 0.25) is 5.91 Å². The maximum absolute atomic E-state index is 12.2. The highest BCUT2D eigenvalue weighted by atomic mass is 16.5. The average Bonchev–Trinajstić information content (AvgIpc) is 3.05. The van der Waals surface area contributed by atoms with Crippen LogP contribution in [0, 0.1) is 13.8 Å². The highest BCUT2D eigenvalue weighted by Gasteiger charge is 2.12. The van der Waals surface area contributed by atoms with Crippen molar-refractivity contribution < 1.29 is 18.7 Å². The highest BCUT2D eigenvalue weighted by molar-refractivity contribution is 5.89. The van der Waals surface area contributed by atoms with E-state index in [0.29, 0.717) is 13.2 Å². The number of hydrogen-bond acceptors (Lipinski definition) is 4. The summed E-state index contributed by atoms with van der Waals surface area (Å²) < 4.78 is 16.4. The van der Waals surface area contributed by atoms with Crippen molar-refractivity contribution in [1.29, 1.82) is 0 Å². The van der Waals surface area contributed by atoms with E-state index in [2.05, 4.69) is 11.4 Å². The van der Waals surface area contributed by atoms with E-state index in [1.165, 1.54) is 5.56 Å². The number of carbonyl (C=O) groups excluding carboxylic acids is 1. The molecule has 3 aromatic rings. The minimum absolute atomic E-state index is 0.0516. The predicted molar refractivity (Wildman–Crippen MR) is 101 cm³/mol. The Bertz CT molecular complexity index is 896. The van der Waals surface area contributed by atoms with Crippen molar-refractivity contribution in [3.63, 3.8) is 0 Å². The Balaban J connectivity index is 1.49. The molecule has 1 amide bonds. The molecule has 1 aromatic heterocycles. The predicted octanol–water partition coefficient (Wildman–Crippen LogP) is 3.80. The maximum atomic E-state index is 12.2. The number of amides is 1. The molecular weight excluding hydrogens is 330 g/mol. The first-order valence-electron chi connectivity index (χ1n) is 8.58. The van der Waals surface area contributed by atoms with Gasteiger partial charge in [-0.1, -0.05) is 12.1 Å². The molecule has 0 atom stereocenters.